The Balaban J connectivity index is 2.59. The van der Waals surface area contributed by atoms with E-state index in [-0.39, 0.29) is 16.8 Å². The molecule has 0 aliphatic carbocycles. The summed E-state index contributed by atoms with van der Waals surface area (Å²) in [5.74, 6) is -0.00527. The fourth-order valence-electron chi connectivity index (χ4n) is 1.06. The molecule has 76 valence electrons. The Bertz CT molecular complexity index is 300. The van der Waals surface area contributed by atoms with Gasteiger partial charge in [-0.1, -0.05) is 15.9 Å². The Morgan fingerprint density at radius 2 is 2.00 bits per heavy atom. The molecule has 0 spiro atoms. The highest BCUT2D eigenvalue weighted by atomic mass is 79.9. The van der Waals surface area contributed by atoms with Crippen molar-refractivity contribution < 1.29 is 4.79 Å². The molecule has 1 N–H and O–H groups in total. The molecule has 0 aliphatic rings. The van der Waals surface area contributed by atoms with Crippen LogP contribution in [0, 0.1) is 0 Å². The zero-order chi connectivity index (χ0) is 10.6. The second-order valence-electron chi connectivity index (χ2n) is 3.13. The molecular formula is C10H13BrN2O. The van der Waals surface area contributed by atoms with E-state index in [0.717, 1.165) is 5.56 Å². The van der Waals surface area contributed by atoms with Gasteiger partial charge in [-0.3, -0.25) is 9.78 Å². The van der Waals surface area contributed by atoms with E-state index in [1.807, 2.05) is 19.1 Å². The van der Waals surface area contributed by atoms with Crippen LogP contribution in [0.4, 0.5) is 0 Å². The van der Waals surface area contributed by atoms with Crippen molar-refractivity contribution in [1.29, 1.82) is 0 Å². The van der Waals surface area contributed by atoms with Gasteiger partial charge in [-0.25, -0.2) is 0 Å². The fourth-order valence-corrected chi connectivity index (χ4v) is 1.20. The Morgan fingerprint density at radius 1 is 1.43 bits per heavy atom. The quantitative estimate of drug-likeness (QED) is 0.842. The minimum absolute atomic E-state index is 0.00527. The molecular weight excluding hydrogens is 244 g/mol. The van der Waals surface area contributed by atoms with Gasteiger partial charge in [0.15, 0.2) is 0 Å². The first kappa shape index (κ1) is 11.2. The standard InChI is InChI=1S/C10H13BrN2O/c1-7(11)10(14)13-8(2)9-3-5-12-6-4-9/h3-8H,1-2H3,(H,13,14)/t7?,8-/m0/s1. The van der Waals surface area contributed by atoms with Gasteiger partial charge in [0.2, 0.25) is 5.91 Å². The third-order valence-electron chi connectivity index (χ3n) is 1.93. The van der Waals surface area contributed by atoms with Gasteiger partial charge in [0, 0.05) is 12.4 Å². The van der Waals surface area contributed by atoms with Gasteiger partial charge in [0.25, 0.3) is 0 Å². The summed E-state index contributed by atoms with van der Waals surface area (Å²) in [6, 6.07) is 3.80. The molecule has 1 aromatic heterocycles. The highest BCUT2D eigenvalue weighted by Gasteiger charge is 2.12. The molecule has 2 atom stereocenters. The van der Waals surface area contributed by atoms with Crippen LogP contribution in [0.5, 0.6) is 0 Å². The maximum Gasteiger partial charge on any atom is 0.233 e. The molecule has 0 fully saturated rings. The molecule has 4 heteroatoms. The number of halogens is 1. The van der Waals surface area contributed by atoms with E-state index in [1.165, 1.54) is 0 Å². The summed E-state index contributed by atoms with van der Waals surface area (Å²) in [6.45, 7) is 3.75. The van der Waals surface area contributed by atoms with Crippen molar-refractivity contribution in [3.8, 4) is 0 Å². The molecule has 1 amide bonds. The molecule has 0 radical (unpaired) electrons. The summed E-state index contributed by atoms with van der Waals surface area (Å²) >= 11 is 3.22. The zero-order valence-electron chi connectivity index (χ0n) is 8.20. The average Bonchev–Trinajstić information content (AvgIpc) is 2.19. The lowest BCUT2D eigenvalue weighted by Gasteiger charge is -2.14. The van der Waals surface area contributed by atoms with Crippen molar-refractivity contribution in [2.75, 3.05) is 0 Å². The van der Waals surface area contributed by atoms with E-state index >= 15 is 0 Å². The van der Waals surface area contributed by atoms with E-state index in [9.17, 15) is 4.79 Å². The number of amides is 1. The van der Waals surface area contributed by atoms with Crippen molar-refractivity contribution in [2.24, 2.45) is 0 Å². The van der Waals surface area contributed by atoms with Crippen LogP contribution in [0.3, 0.4) is 0 Å². The number of carbonyl (C=O) groups excluding carboxylic acids is 1. The van der Waals surface area contributed by atoms with Crippen molar-refractivity contribution in [3.05, 3.63) is 30.1 Å². The second-order valence-corrected chi connectivity index (χ2v) is 4.50. The monoisotopic (exact) mass is 256 g/mol. The molecule has 1 unspecified atom stereocenters. The van der Waals surface area contributed by atoms with Crippen LogP contribution >= 0.6 is 15.9 Å². The van der Waals surface area contributed by atoms with Crippen LogP contribution in [0.15, 0.2) is 24.5 Å². The van der Waals surface area contributed by atoms with E-state index in [0.29, 0.717) is 0 Å². The zero-order valence-corrected chi connectivity index (χ0v) is 9.78. The van der Waals surface area contributed by atoms with Crippen LogP contribution in [-0.2, 0) is 4.79 Å². The van der Waals surface area contributed by atoms with E-state index in [4.69, 9.17) is 0 Å². The number of hydrogen-bond acceptors (Lipinski definition) is 2. The third kappa shape index (κ3) is 3.10. The highest BCUT2D eigenvalue weighted by molar-refractivity contribution is 9.10. The largest absolute Gasteiger partial charge is 0.349 e. The molecule has 3 nitrogen and oxygen atoms in total. The minimum Gasteiger partial charge on any atom is -0.349 e. The van der Waals surface area contributed by atoms with E-state index in [1.54, 1.807) is 19.3 Å². The summed E-state index contributed by atoms with van der Waals surface area (Å²) in [7, 11) is 0. The molecule has 14 heavy (non-hydrogen) atoms. The normalized spacial score (nSPS) is 14.5. The van der Waals surface area contributed by atoms with Crippen LogP contribution in [0.25, 0.3) is 0 Å². The molecule has 0 saturated heterocycles. The number of carbonyl (C=O) groups is 1. The third-order valence-corrected chi connectivity index (χ3v) is 2.34. The van der Waals surface area contributed by atoms with Crippen LogP contribution in [-0.4, -0.2) is 15.7 Å². The van der Waals surface area contributed by atoms with E-state index in [2.05, 4.69) is 26.2 Å². The van der Waals surface area contributed by atoms with Crippen molar-refractivity contribution in [3.63, 3.8) is 0 Å². The maximum atomic E-state index is 11.4. The van der Waals surface area contributed by atoms with Crippen molar-refractivity contribution >= 4 is 21.8 Å². The number of hydrogen-bond donors (Lipinski definition) is 1. The Kier molecular flexibility index (Phi) is 4.07. The number of rotatable bonds is 3. The second kappa shape index (κ2) is 5.10. The molecule has 0 aliphatic heterocycles. The lowest BCUT2D eigenvalue weighted by Crippen LogP contribution is -2.31. The number of nitrogens with zero attached hydrogens (tertiary/aromatic N) is 1. The van der Waals surface area contributed by atoms with Gasteiger partial charge in [-0.05, 0) is 31.5 Å². The van der Waals surface area contributed by atoms with Crippen molar-refractivity contribution in [2.45, 2.75) is 24.7 Å². The number of nitrogens with one attached hydrogen (secondary N) is 1. The van der Waals surface area contributed by atoms with Gasteiger partial charge < -0.3 is 5.32 Å². The van der Waals surface area contributed by atoms with Crippen LogP contribution in [0.1, 0.15) is 25.5 Å². The first-order valence-electron chi connectivity index (χ1n) is 4.45. The number of aromatic nitrogens is 1. The maximum absolute atomic E-state index is 11.4. The summed E-state index contributed by atoms with van der Waals surface area (Å²) in [4.78, 5) is 15.1. The van der Waals surface area contributed by atoms with Gasteiger partial charge in [-0.2, -0.15) is 0 Å². The lowest BCUT2D eigenvalue weighted by atomic mass is 10.1. The van der Waals surface area contributed by atoms with Gasteiger partial charge in [0.1, 0.15) is 0 Å². The molecule has 1 heterocycles. The molecule has 0 saturated carbocycles. The van der Waals surface area contributed by atoms with Gasteiger partial charge in [0.05, 0.1) is 10.9 Å². The summed E-state index contributed by atoms with van der Waals surface area (Å²) in [6.07, 6.45) is 3.44. The molecule has 0 bridgehead atoms. The first-order valence-corrected chi connectivity index (χ1v) is 5.37. The topological polar surface area (TPSA) is 42.0 Å². The van der Waals surface area contributed by atoms with Crippen molar-refractivity contribution in [1.82, 2.24) is 10.3 Å². The minimum atomic E-state index is -0.160. The SMILES string of the molecule is CC(Br)C(=O)N[C@@H](C)c1ccncc1. The highest BCUT2D eigenvalue weighted by Crippen LogP contribution is 2.11. The average molecular weight is 257 g/mol. The first-order chi connectivity index (χ1) is 6.61. The van der Waals surface area contributed by atoms with Gasteiger partial charge >= 0.3 is 0 Å². The summed E-state index contributed by atoms with van der Waals surface area (Å²) < 4.78 is 0. The predicted molar refractivity (Wildman–Crippen MR) is 59.2 cm³/mol. The summed E-state index contributed by atoms with van der Waals surface area (Å²) in [5.41, 5.74) is 1.06. The Hall–Kier alpha value is -0.900. The lowest BCUT2D eigenvalue weighted by molar-refractivity contribution is -0.120. The fraction of sp³-hybridized carbons (Fsp3) is 0.400. The Labute approximate surface area is 92.1 Å². The van der Waals surface area contributed by atoms with Crippen LogP contribution < -0.4 is 5.32 Å². The van der Waals surface area contributed by atoms with Crippen LogP contribution in [0.2, 0.25) is 0 Å². The predicted octanol–water partition coefficient (Wildman–Crippen LogP) is 2.04. The number of pyridine rings is 1. The smallest absolute Gasteiger partial charge is 0.233 e. The Morgan fingerprint density at radius 3 is 2.50 bits per heavy atom. The molecule has 1 aromatic rings. The molecule has 0 aromatic carbocycles. The summed E-state index contributed by atoms with van der Waals surface area (Å²) in [5, 5.41) is 2.88. The number of alkyl halides is 1. The molecule has 1 rings (SSSR count). The van der Waals surface area contributed by atoms with E-state index < -0.39 is 0 Å². The van der Waals surface area contributed by atoms with Gasteiger partial charge in [-0.15, -0.1) is 0 Å².